The highest BCUT2D eigenvalue weighted by atomic mass is 32.2. The van der Waals surface area contributed by atoms with Gasteiger partial charge in [-0.15, -0.1) is 23.5 Å². The van der Waals surface area contributed by atoms with Crippen LogP contribution in [0.25, 0.3) is 0 Å². The van der Waals surface area contributed by atoms with Crippen molar-refractivity contribution in [2.75, 3.05) is 0 Å². The van der Waals surface area contributed by atoms with Crippen molar-refractivity contribution in [3.63, 3.8) is 0 Å². The number of thioether (sulfide) groups is 2. The summed E-state index contributed by atoms with van der Waals surface area (Å²) in [5.41, 5.74) is 0. The minimum absolute atomic E-state index is 0.237. The summed E-state index contributed by atoms with van der Waals surface area (Å²) in [6.07, 6.45) is 0. The average molecular weight is 236 g/mol. The lowest BCUT2D eigenvalue weighted by molar-refractivity contribution is 0.918. The maximum Gasteiger partial charge on any atom is 0.289 e. The SMILES string of the molecule is C[C@@H]1Sc2sc(=O)sc2S[C@H]1C. The molecule has 2 atom stereocenters. The van der Waals surface area contributed by atoms with E-state index in [1.165, 1.54) is 31.1 Å². The highest BCUT2D eigenvalue weighted by Gasteiger charge is 2.25. The standard InChI is InChI=1S/C7H8OS4/c1-3-4(2)10-6-5(9-3)11-7(8)12-6/h3-4H,1-2H3/t3-,4-/m0/s1. The molecule has 0 radical (unpaired) electrons. The summed E-state index contributed by atoms with van der Waals surface area (Å²) < 4.78 is 2.71. The monoisotopic (exact) mass is 236 g/mol. The van der Waals surface area contributed by atoms with Gasteiger partial charge in [0.05, 0.1) is 8.42 Å². The highest BCUT2D eigenvalue weighted by Crippen LogP contribution is 2.47. The Kier molecular flexibility index (Phi) is 2.56. The third-order valence-electron chi connectivity index (χ3n) is 1.77. The second-order valence-corrected chi connectivity index (χ2v) is 8.19. The first-order valence-electron chi connectivity index (χ1n) is 3.64. The van der Waals surface area contributed by atoms with Crippen molar-refractivity contribution < 1.29 is 0 Å². The molecular weight excluding hydrogens is 228 g/mol. The molecule has 0 unspecified atom stereocenters. The van der Waals surface area contributed by atoms with Gasteiger partial charge in [-0.05, 0) is 0 Å². The Labute approximate surface area is 87.6 Å². The molecule has 1 nitrogen and oxygen atoms in total. The zero-order valence-corrected chi connectivity index (χ0v) is 9.96. The first-order chi connectivity index (χ1) is 5.66. The number of hydrogen-bond donors (Lipinski definition) is 0. The molecule has 2 rings (SSSR count). The molecule has 12 heavy (non-hydrogen) atoms. The van der Waals surface area contributed by atoms with Gasteiger partial charge in [-0.3, -0.25) is 4.79 Å². The first kappa shape index (κ1) is 9.12. The molecule has 1 aliphatic heterocycles. The molecule has 66 valence electrons. The van der Waals surface area contributed by atoms with Gasteiger partial charge in [-0.2, -0.15) is 0 Å². The summed E-state index contributed by atoms with van der Waals surface area (Å²) in [7, 11) is 0. The van der Waals surface area contributed by atoms with E-state index in [0.717, 1.165) is 0 Å². The van der Waals surface area contributed by atoms with Gasteiger partial charge in [-0.25, -0.2) is 0 Å². The summed E-state index contributed by atoms with van der Waals surface area (Å²) in [5.74, 6) is 0. The smallest absolute Gasteiger partial charge is 0.265 e. The molecule has 0 saturated carbocycles. The molecule has 0 fully saturated rings. The van der Waals surface area contributed by atoms with E-state index in [2.05, 4.69) is 13.8 Å². The highest BCUT2D eigenvalue weighted by molar-refractivity contribution is 8.08. The van der Waals surface area contributed by atoms with E-state index < -0.39 is 0 Å². The van der Waals surface area contributed by atoms with Crippen molar-refractivity contribution in [2.24, 2.45) is 0 Å². The van der Waals surface area contributed by atoms with Gasteiger partial charge in [0.25, 0.3) is 4.06 Å². The zero-order valence-electron chi connectivity index (χ0n) is 6.70. The minimum Gasteiger partial charge on any atom is -0.265 e. The molecule has 1 aromatic rings. The molecule has 0 amide bonds. The first-order valence-corrected chi connectivity index (χ1v) is 7.03. The Bertz CT molecular complexity index is 309. The fraction of sp³-hybridized carbons (Fsp3) is 0.571. The van der Waals surface area contributed by atoms with E-state index >= 15 is 0 Å². The maximum absolute atomic E-state index is 11.1. The van der Waals surface area contributed by atoms with Crippen LogP contribution in [0.5, 0.6) is 0 Å². The third-order valence-corrected chi connectivity index (χ3v) is 7.54. The summed E-state index contributed by atoms with van der Waals surface area (Å²) in [5, 5.41) is 1.26. The van der Waals surface area contributed by atoms with E-state index in [1.54, 1.807) is 0 Å². The minimum atomic E-state index is 0.237. The maximum atomic E-state index is 11.1. The molecule has 1 aromatic heterocycles. The Morgan fingerprint density at radius 3 is 1.83 bits per heavy atom. The van der Waals surface area contributed by atoms with Crippen molar-refractivity contribution in [2.45, 2.75) is 32.8 Å². The predicted octanol–water partition coefficient (Wildman–Crippen LogP) is 3.14. The quantitative estimate of drug-likeness (QED) is 0.689. The largest absolute Gasteiger partial charge is 0.289 e. The number of rotatable bonds is 0. The summed E-state index contributed by atoms with van der Waals surface area (Å²) in [4.78, 5) is 11.1. The third kappa shape index (κ3) is 1.60. The average Bonchev–Trinajstić information content (AvgIpc) is 2.30. The van der Waals surface area contributed by atoms with E-state index in [9.17, 15) is 4.79 Å². The van der Waals surface area contributed by atoms with Gasteiger partial charge < -0.3 is 0 Å². The molecule has 0 aromatic carbocycles. The second kappa shape index (κ2) is 3.36. The van der Waals surface area contributed by atoms with Crippen LogP contribution in [0.4, 0.5) is 0 Å². The van der Waals surface area contributed by atoms with E-state index in [-0.39, 0.29) is 4.06 Å². The molecule has 0 aliphatic carbocycles. The molecule has 2 heterocycles. The van der Waals surface area contributed by atoms with Crippen LogP contribution in [-0.4, -0.2) is 10.5 Å². The van der Waals surface area contributed by atoms with Crippen LogP contribution in [0.15, 0.2) is 13.2 Å². The van der Waals surface area contributed by atoms with Gasteiger partial charge in [0.2, 0.25) is 0 Å². The van der Waals surface area contributed by atoms with Crippen molar-refractivity contribution in [3.05, 3.63) is 8.85 Å². The van der Waals surface area contributed by atoms with E-state index in [0.29, 0.717) is 10.5 Å². The number of fused-ring (bicyclic) bond motifs is 1. The second-order valence-electron chi connectivity index (χ2n) is 2.67. The Morgan fingerprint density at radius 1 is 1.00 bits per heavy atom. The van der Waals surface area contributed by atoms with Gasteiger partial charge in [0.15, 0.2) is 0 Å². The lowest BCUT2D eigenvalue weighted by atomic mass is 10.4. The van der Waals surface area contributed by atoms with Crippen molar-refractivity contribution >= 4 is 46.2 Å². The van der Waals surface area contributed by atoms with Crippen LogP contribution in [0.2, 0.25) is 0 Å². The molecule has 0 spiro atoms. The van der Waals surface area contributed by atoms with Crippen molar-refractivity contribution in [1.29, 1.82) is 0 Å². The summed E-state index contributed by atoms with van der Waals surface area (Å²) in [6.45, 7) is 4.44. The fourth-order valence-electron chi connectivity index (χ4n) is 0.929. The molecular formula is C7H8OS4. The Hall–Kier alpha value is 0.550. The Balaban J connectivity index is 2.39. The van der Waals surface area contributed by atoms with Crippen LogP contribution < -0.4 is 4.06 Å². The van der Waals surface area contributed by atoms with E-state index in [4.69, 9.17) is 0 Å². The van der Waals surface area contributed by atoms with E-state index in [1.807, 2.05) is 23.5 Å². The molecule has 1 aliphatic rings. The van der Waals surface area contributed by atoms with Crippen LogP contribution >= 0.6 is 46.2 Å². The lowest BCUT2D eigenvalue weighted by Gasteiger charge is -2.22. The van der Waals surface area contributed by atoms with Crippen LogP contribution in [-0.2, 0) is 0 Å². The van der Waals surface area contributed by atoms with Gasteiger partial charge in [0, 0.05) is 10.5 Å². The molecule has 5 heteroatoms. The van der Waals surface area contributed by atoms with Crippen LogP contribution in [0, 0.1) is 0 Å². The van der Waals surface area contributed by atoms with Gasteiger partial charge in [0.1, 0.15) is 0 Å². The Morgan fingerprint density at radius 2 is 1.42 bits per heavy atom. The number of hydrogen-bond acceptors (Lipinski definition) is 5. The predicted molar refractivity (Wildman–Crippen MR) is 59.1 cm³/mol. The molecule has 0 N–H and O–H groups in total. The van der Waals surface area contributed by atoms with Gasteiger partial charge >= 0.3 is 0 Å². The lowest BCUT2D eigenvalue weighted by Crippen LogP contribution is -2.14. The summed E-state index contributed by atoms with van der Waals surface area (Å²) >= 11 is 6.50. The summed E-state index contributed by atoms with van der Waals surface area (Å²) in [6, 6.07) is 0. The van der Waals surface area contributed by atoms with Crippen molar-refractivity contribution in [3.8, 4) is 0 Å². The fourth-order valence-corrected chi connectivity index (χ4v) is 6.79. The van der Waals surface area contributed by atoms with Crippen LogP contribution in [0.3, 0.4) is 0 Å². The topological polar surface area (TPSA) is 17.1 Å². The normalized spacial score (nSPS) is 28.5. The zero-order chi connectivity index (χ0) is 8.72. The van der Waals surface area contributed by atoms with Crippen LogP contribution in [0.1, 0.15) is 13.8 Å². The van der Waals surface area contributed by atoms with Crippen molar-refractivity contribution in [1.82, 2.24) is 0 Å². The molecule has 0 bridgehead atoms. The molecule has 0 saturated heterocycles. The van der Waals surface area contributed by atoms with Gasteiger partial charge in [-0.1, -0.05) is 36.5 Å².